The van der Waals surface area contributed by atoms with Crippen molar-refractivity contribution >= 4 is 0 Å². The highest BCUT2D eigenvalue weighted by molar-refractivity contribution is 5.28. The molecule has 0 radical (unpaired) electrons. The molecule has 3 nitrogen and oxygen atoms in total. The van der Waals surface area contributed by atoms with Crippen LogP contribution in [-0.4, -0.2) is 24.2 Å². The van der Waals surface area contributed by atoms with Gasteiger partial charge in [-0.3, -0.25) is 0 Å². The van der Waals surface area contributed by atoms with E-state index in [2.05, 4.69) is 10.3 Å². The average molecular weight is 246 g/mol. The molecule has 0 amide bonds. The predicted molar refractivity (Wildman–Crippen MR) is 55.8 cm³/mol. The maximum absolute atomic E-state index is 12.7. The molecular weight excluding hydrogens is 233 g/mol. The molecule has 1 aromatic rings. The highest BCUT2D eigenvalue weighted by Gasteiger charge is 2.35. The van der Waals surface area contributed by atoms with Crippen LogP contribution in [0.5, 0.6) is 5.88 Å². The third-order valence-corrected chi connectivity index (χ3v) is 2.61. The molecule has 0 aliphatic carbocycles. The fraction of sp³-hybridized carbons (Fsp3) is 0.545. The van der Waals surface area contributed by atoms with Crippen molar-refractivity contribution in [1.29, 1.82) is 0 Å². The first-order valence-electron chi connectivity index (χ1n) is 5.47. The number of pyridine rings is 1. The molecule has 0 spiro atoms. The van der Waals surface area contributed by atoms with E-state index in [4.69, 9.17) is 4.74 Å². The second-order valence-electron chi connectivity index (χ2n) is 3.94. The van der Waals surface area contributed by atoms with Gasteiger partial charge in [-0.2, -0.15) is 13.2 Å². The van der Waals surface area contributed by atoms with E-state index in [0.717, 1.165) is 25.5 Å². The molecule has 17 heavy (non-hydrogen) atoms. The summed E-state index contributed by atoms with van der Waals surface area (Å²) in [7, 11) is 0. The molecule has 1 aromatic heterocycles. The highest BCUT2D eigenvalue weighted by Crippen LogP contribution is 2.35. The normalized spacial score (nSPS) is 21.2. The standard InChI is InChI=1S/C11H13F3N2O/c12-11(13,14)9-4-2-6-16-10(9)17-8-3-1-5-15-7-8/h2,4,6,8,15H,1,3,5,7H2/t8-/m0/s1. The van der Waals surface area contributed by atoms with Crippen LogP contribution in [0.15, 0.2) is 18.3 Å². The Morgan fingerprint density at radius 2 is 2.24 bits per heavy atom. The predicted octanol–water partition coefficient (Wildman–Crippen LogP) is 2.23. The van der Waals surface area contributed by atoms with Crippen molar-refractivity contribution < 1.29 is 17.9 Å². The SMILES string of the molecule is FC(F)(F)c1cccnc1O[C@H]1CCCNC1. The minimum absolute atomic E-state index is 0.236. The molecule has 94 valence electrons. The number of piperidine rings is 1. The molecule has 6 heteroatoms. The lowest BCUT2D eigenvalue weighted by Gasteiger charge is -2.24. The van der Waals surface area contributed by atoms with Crippen LogP contribution in [0.1, 0.15) is 18.4 Å². The lowest BCUT2D eigenvalue weighted by atomic mass is 10.1. The Morgan fingerprint density at radius 1 is 1.41 bits per heavy atom. The van der Waals surface area contributed by atoms with Gasteiger partial charge in [-0.1, -0.05) is 0 Å². The summed E-state index contributed by atoms with van der Waals surface area (Å²) in [6.45, 7) is 1.45. The van der Waals surface area contributed by atoms with Crippen molar-refractivity contribution in [3.8, 4) is 5.88 Å². The summed E-state index contributed by atoms with van der Waals surface area (Å²) in [5.74, 6) is -0.325. The smallest absolute Gasteiger partial charge is 0.421 e. The number of hydrogen-bond acceptors (Lipinski definition) is 3. The molecule has 2 rings (SSSR count). The molecular formula is C11H13F3N2O. The fourth-order valence-corrected chi connectivity index (χ4v) is 1.78. The first kappa shape index (κ1) is 12.2. The van der Waals surface area contributed by atoms with Crippen molar-refractivity contribution in [2.75, 3.05) is 13.1 Å². The van der Waals surface area contributed by atoms with E-state index in [-0.39, 0.29) is 12.0 Å². The molecule has 0 aromatic carbocycles. The van der Waals surface area contributed by atoms with E-state index in [1.54, 1.807) is 0 Å². The molecule has 1 aliphatic rings. The molecule has 0 bridgehead atoms. The van der Waals surface area contributed by atoms with Crippen LogP contribution in [-0.2, 0) is 6.18 Å². The first-order chi connectivity index (χ1) is 8.07. The zero-order valence-electron chi connectivity index (χ0n) is 9.13. The maximum Gasteiger partial charge on any atom is 0.421 e. The van der Waals surface area contributed by atoms with Crippen LogP contribution >= 0.6 is 0 Å². The van der Waals surface area contributed by atoms with Gasteiger partial charge in [0.05, 0.1) is 0 Å². The van der Waals surface area contributed by atoms with E-state index in [1.165, 1.54) is 12.3 Å². The third kappa shape index (κ3) is 3.09. The largest absolute Gasteiger partial charge is 0.473 e. The lowest BCUT2D eigenvalue weighted by Crippen LogP contribution is -2.37. The van der Waals surface area contributed by atoms with Crippen molar-refractivity contribution in [3.63, 3.8) is 0 Å². The molecule has 1 saturated heterocycles. The molecule has 0 unspecified atom stereocenters. The van der Waals surface area contributed by atoms with Gasteiger partial charge in [0.2, 0.25) is 5.88 Å². The Labute approximate surface area is 97.0 Å². The Morgan fingerprint density at radius 3 is 2.88 bits per heavy atom. The molecule has 2 heterocycles. The van der Waals surface area contributed by atoms with Gasteiger partial charge in [-0.05, 0) is 31.5 Å². The summed E-state index contributed by atoms with van der Waals surface area (Å²) in [5.41, 5.74) is -0.814. The number of alkyl halides is 3. The van der Waals surface area contributed by atoms with E-state index < -0.39 is 11.7 Å². The van der Waals surface area contributed by atoms with Crippen LogP contribution in [0.25, 0.3) is 0 Å². The quantitative estimate of drug-likeness (QED) is 0.868. The molecule has 1 N–H and O–H groups in total. The van der Waals surface area contributed by atoms with Crippen molar-refractivity contribution in [1.82, 2.24) is 10.3 Å². The topological polar surface area (TPSA) is 34.1 Å². The van der Waals surface area contributed by atoms with Crippen LogP contribution in [0.4, 0.5) is 13.2 Å². The number of hydrogen-bond donors (Lipinski definition) is 1. The minimum atomic E-state index is -4.42. The van der Waals surface area contributed by atoms with Crippen LogP contribution in [0.3, 0.4) is 0 Å². The van der Waals surface area contributed by atoms with Gasteiger partial charge in [-0.25, -0.2) is 4.98 Å². The Bertz CT molecular complexity index is 375. The van der Waals surface area contributed by atoms with E-state index >= 15 is 0 Å². The van der Waals surface area contributed by atoms with Gasteiger partial charge in [0.15, 0.2) is 0 Å². The van der Waals surface area contributed by atoms with Gasteiger partial charge in [-0.15, -0.1) is 0 Å². The second-order valence-corrected chi connectivity index (χ2v) is 3.94. The van der Waals surface area contributed by atoms with Gasteiger partial charge in [0.1, 0.15) is 11.7 Å². The monoisotopic (exact) mass is 246 g/mol. The Balaban J connectivity index is 2.14. The Hall–Kier alpha value is -1.30. The zero-order valence-corrected chi connectivity index (χ0v) is 9.13. The number of rotatable bonds is 2. The molecule has 1 atom stereocenters. The number of halogens is 3. The van der Waals surface area contributed by atoms with Gasteiger partial charge >= 0.3 is 6.18 Å². The molecule has 1 aliphatic heterocycles. The summed E-state index contributed by atoms with van der Waals surface area (Å²) in [6, 6.07) is 2.24. The van der Waals surface area contributed by atoms with Crippen LogP contribution in [0.2, 0.25) is 0 Å². The number of nitrogens with zero attached hydrogens (tertiary/aromatic N) is 1. The van der Waals surface area contributed by atoms with Gasteiger partial charge in [0.25, 0.3) is 0 Å². The number of aromatic nitrogens is 1. The van der Waals surface area contributed by atoms with E-state index in [1.807, 2.05) is 0 Å². The first-order valence-corrected chi connectivity index (χ1v) is 5.47. The summed E-state index contributed by atoms with van der Waals surface area (Å²) >= 11 is 0. The maximum atomic E-state index is 12.7. The second kappa shape index (κ2) is 4.91. The van der Waals surface area contributed by atoms with Crippen molar-refractivity contribution in [2.24, 2.45) is 0 Å². The van der Waals surface area contributed by atoms with E-state index in [0.29, 0.717) is 6.54 Å². The minimum Gasteiger partial charge on any atom is -0.473 e. The summed E-state index contributed by atoms with van der Waals surface area (Å²) in [4.78, 5) is 3.67. The summed E-state index contributed by atoms with van der Waals surface area (Å²) in [6.07, 6.45) is -1.70. The Kier molecular flexibility index (Phi) is 3.51. The number of nitrogens with one attached hydrogen (secondary N) is 1. The molecule has 0 saturated carbocycles. The summed E-state index contributed by atoms with van der Waals surface area (Å²) in [5, 5.41) is 3.08. The van der Waals surface area contributed by atoms with Crippen molar-refractivity contribution in [2.45, 2.75) is 25.1 Å². The highest BCUT2D eigenvalue weighted by atomic mass is 19.4. The van der Waals surface area contributed by atoms with Gasteiger partial charge in [0, 0.05) is 12.7 Å². The summed E-state index contributed by atoms with van der Waals surface area (Å²) < 4.78 is 43.3. The molecule has 1 fully saturated rings. The third-order valence-electron chi connectivity index (χ3n) is 2.61. The van der Waals surface area contributed by atoms with E-state index in [9.17, 15) is 13.2 Å². The van der Waals surface area contributed by atoms with Gasteiger partial charge < -0.3 is 10.1 Å². The number of ether oxygens (including phenoxy) is 1. The van der Waals surface area contributed by atoms with Crippen LogP contribution < -0.4 is 10.1 Å². The zero-order chi connectivity index (χ0) is 12.3. The average Bonchev–Trinajstić information content (AvgIpc) is 2.30. The fourth-order valence-electron chi connectivity index (χ4n) is 1.78. The van der Waals surface area contributed by atoms with Crippen molar-refractivity contribution in [3.05, 3.63) is 23.9 Å². The van der Waals surface area contributed by atoms with Crippen LogP contribution in [0, 0.1) is 0 Å². The lowest BCUT2D eigenvalue weighted by molar-refractivity contribution is -0.139.